The molecule has 0 aromatic rings. The van der Waals surface area contributed by atoms with Crippen LogP contribution in [0.3, 0.4) is 0 Å². The normalized spacial score (nSPS) is 23.7. The fourth-order valence-electron chi connectivity index (χ4n) is 1.85. The van der Waals surface area contributed by atoms with Gasteiger partial charge in [-0.25, -0.2) is 4.79 Å². The van der Waals surface area contributed by atoms with E-state index in [-0.39, 0.29) is 12.1 Å². The van der Waals surface area contributed by atoms with E-state index in [2.05, 4.69) is 12.2 Å². The van der Waals surface area contributed by atoms with Gasteiger partial charge in [0.05, 0.1) is 0 Å². The third kappa shape index (κ3) is 4.08. The predicted octanol–water partition coefficient (Wildman–Crippen LogP) is 1.17. The number of carbonyl (C=O) groups excluding carboxylic acids is 1. The number of carbonyl (C=O) groups is 1. The first-order valence-electron chi connectivity index (χ1n) is 5.91. The van der Waals surface area contributed by atoms with Crippen LogP contribution in [0.5, 0.6) is 0 Å². The first-order valence-corrected chi connectivity index (χ1v) is 5.91. The first-order chi connectivity index (χ1) is 7.13. The second-order valence-corrected chi connectivity index (χ2v) is 4.55. The van der Waals surface area contributed by atoms with Crippen LogP contribution in [-0.4, -0.2) is 36.6 Å². The van der Waals surface area contributed by atoms with Gasteiger partial charge in [0.25, 0.3) is 0 Å². The Kier molecular flexibility index (Phi) is 4.88. The Hall–Kier alpha value is -0.770. The summed E-state index contributed by atoms with van der Waals surface area (Å²) >= 11 is 0. The van der Waals surface area contributed by atoms with E-state index in [0.29, 0.717) is 12.5 Å². The highest BCUT2D eigenvalue weighted by atomic mass is 16.2. The average molecular weight is 213 g/mol. The zero-order valence-electron chi connectivity index (χ0n) is 9.83. The van der Waals surface area contributed by atoms with Crippen molar-refractivity contribution in [1.82, 2.24) is 10.2 Å². The maximum absolute atomic E-state index is 11.7. The lowest BCUT2D eigenvalue weighted by atomic mass is 10.0. The third-order valence-corrected chi connectivity index (χ3v) is 2.98. The Labute approximate surface area is 92.2 Å². The maximum atomic E-state index is 11.7. The SMILES string of the molecule is CCC(N)CNC(=O)N1CCCC(C)C1. The Balaban J connectivity index is 2.26. The van der Waals surface area contributed by atoms with Crippen LogP contribution in [0, 0.1) is 5.92 Å². The molecule has 1 aliphatic rings. The highest BCUT2D eigenvalue weighted by molar-refractivity contribution is 5.74. The number of nitrogens with one attached hydrogen (secondary N) is 1. The van der Waals surface area contributed by atoms with E-state index < -0.39 is 0 Å². The van der Waals surface area contributed by atoms with Crippen molar-refractivity contribution in [3.63, 3.8) is 0 Å². The van der Waals surface area contributed by atoms with Gasteiger partial charge in [-0.05, 0) is 25.2 Å². The van der Waals surface area contributed by atoms with Gasteiger partial charge >= 0.3 is 6.03 Å². The Morgan fingerprint density at radius 2 is 2.40 bits per heavy atom. The lowest BCUT2D eigenvalue weighted by molar-refractivity contribution is 0.169. The summed E-state index contributed by atoms with van der Waals surface area (Å²) < 4.78 is 0. The van der Waals surface area contributed by atoms with E-state index in [1.165, 1.54) is 6.42 Å². The minimum absolute atomic E-state index is 0.0467. The van der Waals surface area contributed by atoms with Gasteiger partial charge in [0.15, 0.2) is 0 Å². The van der Waals surface area contributed by atoms with Crippen molar-refractivity contribution in [2.75, 3.05) is 19.6 Å². The van der Waals surface area contributed by atoms with E-state index in [1.807, 2.05) is 11.8 Å². The molecule has 3 N–H and O–H groups in total. The van der Waals surface area contributed by atoms with Gasteiger partial charge in [-0.2, -0.15) is 0 Å². The van der Waals surface area contributed by atoms with Crippen LogP contribution in [0.25, 0.3) is 0 Å². The van der Waals surface area contributed by atoms with Crippen molar-refractivity contribution in [2.24, 2.45) is 11.7 Å². The van der Waals surface area contributed by atoms with Gasteiger partial charge in [0.2, 0.25) is 0 Å². The molecule has 15 heavy (non-hydrogen) atoms. The van der Waals surface area contributed by atoms with Gasteiger partial charge in [-0.1, -0.05) is 13.8 Å². The summed E-state index contributed by atoms with van der Waals surface area (Å²) in [6.45, 7) is 6.57. The molecular weight excluding hydrogens is 190 g/mol. The summed E-state index contributed by atoms with van der Waals surface area (Å²) in [6, 6.07) is 0.126. The summed E-state index contributed by atoms with van der Waals surface area (Å²) in [4.78, 5) is 13.6. The zero-order valence-corrected chi connectivity index (χ0v) is 9.83. The number of piperidine rings is 1. The number of amides is 2. The summed E-state index contributed by atoms with van der Waals surface area (Å²) in [7, 11) is 0. The zero-order chi connectivity index (χ0) is 11.3. The number of urea groups is 1. The molecule has 1 heterocycles. The van der Waals surface area contributed by atoms with Crippen LogP contribution < -0.4 is 11.1 Å². The van der Waals surface area contributed by atoms with Crippen LogP contribution in [0.15, 0.2) is 0 Å². The molecular formula is C11H23N3O. The lowest BCUT2D eigenvalue weighted by Crippen LogP contribution is -2.47. The quantitative estimate of drug-likeness (QED) is 0.739. The molecule has 0 aromatic heterocycles. The molecule has 1 fully saturated rings. The number of nitrogens with two attached hydrogens (primary N) is 1. The predicted molar refractivity (Wildman–Crippen MR) is 61.6 cm³/mol. The molecule has 0 saturated carbocycles. The van der Waals surface area contributed by atoms with Crippen LogP contribution in [-0.2, 0) is 0 Å². The van der Waals surface area contributed by atoms with Crippen molar-refractivity contribution >= 4 is 6.03 Å². The van der Waals surface area contributed by atoms with E-state index in [9.17, 15) is 4.79 Å². The number of nitrogens with zero attached hydrogens (tertiary/aromatic N) is 1. The standard InChI is InChI=1S/C11H23N3O/c1-3-10(12)7-13-11(15)14-6-4-5-9(2)8-14/h9-10H,3-8,12H2,1-2H3,(H,13,15). The Bertz CT molecular complexity index is 208. The lowest BCUT2D eigenvalue weighted by Gasteiger charge is -2.31. The summed E-state index contributed by atoms with van der Waals surface area (Å²) in [5.41, 5.74) is 5.74. The van der Waals surface area contributed by atoms with Gasteiger partial charge in [0.1, 0.15) is 0 Å². The van der Waals surface area contributed by atoms with Gasteiger partial charge < -0.3 is 16.0 Å². The van der Waals surface area contributed by atoms with Crippen LogP contribution in [0.1, 0.15) is 33.1 Å². The van der Waals surface area contributed by atoms with E-state index in [4.69, 9.17) is 5.73 Å². The molecule has 88 valence electrons. The molecule has 1 aliphatic heterocycles. The fraction of sp³-hybridized carbons (Fsp3) is 0.909. The summed E-state index contributed by atoms with van der Waals surface area (Å²) in [5, 5.41) is 2.89. The number of rotatable bonds is 3. The molecule has 0 bridgehead atoms. The summed E-state index contributed by atoms with van der Waals surface area (Å²) in [6.07, 6.45) is 3.25. The maximum Gasteiger partial charge on any atom is 0.317 e. The van der Waals surface area contributed by atoms with Crippen molar-refractivity contribution in [2.45, 2.75) is 39.2 Å². The molecule has 0 spiro atoms. The molecule has 0 aliphatic carbocycles. The minimum Gasteiger partial charge on any atom is -0.336 e. The number of hydrogen-bond acceptors (Lipinski definition) is 2. The topological polar surface area (TPSA) is 58.4 Å². The highest BCUT2D eigenvalue weighted by Crippen LogP contribution is 2.15. The molecule has 4 nitrogen and oxygen atoms in total. The van der Waals surface area contributed by atoms with Crippen LogP contribution >= 0.6 is 0 Å². The van der Waals surface area contributed by atoms with Crippen LogP contribution in [0.4, 0.5) is 4.79 Å². The Morgan fingerprint density at radius 3 is 3.00 bits per heavy atom. The molecule has 2 atom stereocenters. The number of likely N-dealkylation sites (tertiary alicyclic amines) is 1. The van der Waals surface area contributed by atoms with E-state index in [1.54, 1.807) is 0 Å². The first kappa shape index (κ1) is 12.3. The second-order valence-electron chi connectivity index (χ2n) is 4.55. The van der Waals surface area contributed by atoms with E-state index >= 15 is 0 Å². The van der Waals surface area contributed by atoms with Crippen molar-refractivity contribution in [3.05, 3.63) is 0 Å². The monoisotopic (exact) mass is 213 g/mol. The smallest absolute Gasteiger partial charge is 0.317 e. The average Bonchev–Trinajstić information content (AvgIpc) is 2.25. The molecule has 1 rings (SSSR count). The highest BCUT2D eigenvalue weighted by Gasteiger charge is 2.20. The van der Waals surface area contributed by atoms with Crippen molar-refractivity contribution in [1.29, 1.82) is 0 Å². The second kappa shape index (κ2) is 5.95. The van der Waals surface area contributed by atoms with Crippen molar-refractivity contribution in [3.8, 4) is 0 Å². The molecule has 0 aromatic carbocycles. The van der Waals surface area contributed by atoms with E-state index in [0.717, 1.165) is 25.9 Å². The van der Waals surface area contributed by atoms with Crippen LogP contribution in [0.2, 0.25) is 0 Å². The van der Waals surface area contributed by atoms with Gasteiger partial charge in [-0.3, -0.25) is 0 Å². The Morgan fingerprint density at radius 1 is 1.67 bits per heavy atom. The molecule has 2 unspecified atom stereocenters. The largest absolute Gasteiger partial charge is 0.336 e. The van der Waals surface area contributed by atoms with Gasteiger partial charge in [-0.15, -0.1) is 0 Å². The molecule has 2 amide bonds. The third-order valence-electron chi connectivity index (χ3n) is 2.98. The minimum atomic E-state index is 0.0467. The number of hydrogen-bond donors (Lipinski definition) is 2. The summed E-state index contributed by atoms with van der Waals surface area (Å²) in [5.74, 6) is 0.629. The molecule has 0 radical (unpaired) electrons. The fourth-order valence-corrected chi connectivity index (χ4v) is 1.85. The molecule has 1 saturated heterocycles. The van der Waals surface area contributed by atoms with Gasteiger partial charge in [0, 0.05) is 25.7 Å². The van der Waals surface area contributed by atoms with Crippen molar-refractivity contribution < 1.29 is 4.79 Å². The molecule has 4 heteroatoms.